The van der Waals surface area contributed by atoms with Crippen LogP contribution < -0.4 is 5.32 Å². The molecule has 6 heteroatoms. The van der Waals surface area contributed by atoms with Crippen LogP contribution >= 0.6 is 23.2 Å². The van der Waals surface area contributed by atoms with Gasteiger partial charge in [-0.3, -0.25) is 4.79 Å². The third-order valence-corrected chi connectivity index (χ3v) is 3.94. The number of aromatic nitrogens is 2. The number of nitrogens with zero attached hydrogens (tertiary/aromatic N) is 2. The Hall–Kier alpha value is -1.52. The lowest BCUT2D eigenvalue weighted by molar-refractivity contribution is 0.102. The summed E-state index contributed by atoms with van der Waals surface area (Å²) in [6.45, 7) is 4.10. The largest absolute Gasteiger partial charge is 0.307 e. The molecule has 1 aromatic carbocycles. The minimum absolute atomic E-state index is 0.204. The van der Waals surface area contributed by atoms with E-state index in [0.717, 1.165) is 6.42 Å². The SMILES string of the molecule is CCC(C)n1nccc1NC(=O)c1cccc(Cl)c1Cl. The first-order chi connectivity index (χ1) is 9.54. The van der Waals surface area contributed by atoms with E-state index >= 15 is 0 Å². The Kier molecular flexibility index (Phi) is 4.68. The van der Waals surface area contributed by atoms with Crippen LogP contribution in [-0.2, 0) is 0 Å². The van der Waals surface area contributed by atoms with Crippen LogP contribution in [0.1, 0.15) is 36.7 Å². The lowest BCUT2D eigenvalue weighted by Crippen LogP contribution is -2.17. The van der Waals surface area contributed by atoms with E-state index in [2.05, 4.69) is 17.3 Å². The molecule has 1 aromatic heterocycles. The van der Waals surface area contributed by atoms with Crippen molar-refractivity contribution in [2.45, 2.75) is 26.3 Å². The summed E-state index contributed by atoms with van der Waals surface area (Å²) in [6.07, 6.45) is 2.57. The molecular weight excluding hydrogens is 297 g/mol. The molecule has 0 radical (unpaired) electrons. The Balaban J connectivity index is 2.24. The molecule has 1 amide bonds. The molecule has 0 saturated carbocycles. The van der Waals surface area contributed by atoms with Gasteiger partial charge in [-0.25, -0.2) is 4.68 Å². The van der Waals surface area contributed by atoms with Crippen LogP contribution in [0.5, 0.6) is 0 Å². The highest BCUT2D eigenvalue weighted by atomic mass is 35.5. The van der Waals surface area contributed by atoms with Crippen LogP contribution in [0.3, 0.4) is 0 Å². The Morgan fingerprint density at radius 1 is 1.40 bits per heavy atom. The van der Waals surface area contributed by atoms with Gasteiger partial charge in [0, 0.05) is 6.07 Å². The number of hydrogen-bond donors (Lipinski definition) is 1. The van der Waals surface area contributed by atoms with Gasteiger partial charge in [0.25, 0.3) is 5.91 Å². The lowest BCUT2D eigenvalue weighted by Gasteiger charge is -2.14. The quantitative estimate of drug-likeness (QED) is 0.909. The third-order valence-electron chi connectivity index (χ3n) is 3.12. The number of nitrogens with one attached hydrogen (secondary N) is 1. The fourth-order valence-electron chi connectivity index (χ4n) is 1.80. The van der Waals surface area contributed by atoms with Crippen molar-refractivity contribution in [3.8, 4) is 0 Å². The van der Waals surface area contributed by atoms with Crippen LogP contribution in [0.2, 0.25) is 10.0 Å². The second-order valence-corrected chi connectivity index (χ2v) is 5.26. The normalized spacial score (nSPS) is 12.2. The standard InChI is InChI=1S/C14H15Cl2N3O/c1-3-9(2)19-12(7-8-17-19)18-14(20)10-5-4-6-11(15)13(10)16/h4-9H,3H2,1-2H3,(H,18,20). The van der Waals surface area contributed by atoms with Gasteiger partial charge in [-0.15, -0.1) is 0 Å². The topological polar surface area (TPSA) is 46.9 Å². The summed E-state index contributed by atoms with van der Waals surface area (Å²) in [5.41, 5.74) is 0.344. The van der Waals surface area contributed by atoms with Gasteiger partial charge >= 0.3 is 0 Å². The average molecular weight is 312 g/mol. The Morgan fingerprint density at radius 3 is 2.85 bits per heavy atom. The highest BCUT2D eigenvalue weighted by Gasteiger charge is 2.15. The Bertz CT molecular complexity index is 625. The zero-order valence-electron chi connectivity index (χ0n) is 11.2. The average Bonchev–Trinajstić information content (AvgIpc) is 2.89. The summed E-state index contributed by atoms with van der Waals surface area (Å²) in [4.78, 5) is 12.3. The monoisotopic (exact) mass is 311 g/mol. The molecule has 0 aliphatic rings. The van der Waals surface area contributed by atoms with E-state index < -0.39 is 0 Å². The molecule has 2 rings (SSSR count). The molecule has 4 nitrogen and oxygen atoms in total. The van der Waals surface area contributed by atoms with E-state index in [0.29, 0.717) is 16.4 Å². The first-order valence-electron chi connectivity index (χ1n) is 6.33. The summed E-state index contributed by atoms with van der Waals surface area (Å²) in [5, 5.41) is 7.63. The number of carbonyl (C=O) groups is 1. The molecule has 0 saturated heterocycles. The van der Waals surface area contributed by atoms with E-state index in [-0.39, 0.29) is 17.0 Å². The maximum atomic E-state index is 12.3. The first-order valence-corrected chi connectivity index (χ1v) is 7.09. The maximum Gasteiger partial charge on any atom is 0.258 e. The second-order valence-electron chi connectivity index (χ2n) is 4.47. The van der Waals surface area contributed by atoms with Crippen molar-refractivity contribution in [3.05, 3.63) is 46.1 Å². The molecule has 0 fully saturated rings. The molecule has 1 heterocycles. The van der Waals surface area contributed by atoms with E-state index in [1.165, 1.54) is 0 Å². The zero-order valence-corrected chi connectivity index (χ0v) is 12.7. The van der Waals surface area contributed by atoms with Crippen molar-refractivity contribution in [2.24, 2.45) is 0 Å². The minimum Gasteiger partial charge on any atom is -0.307 e. The molecule has 1 N–H and O–H groups in total. The van der Waals surface area contributed by atoms with Crippen molar-refractivity contribution < 1.29 is 4.79 Å². The number of carbonyl (C=O) groups excluding carboxylic acids is 1. The predicted molar refractivity (Wildman–Crippen MR) is 81.6 cm³/mol. The summed E-state index contributed by atoms with van der Waals surface area (Å²) in [6, 6.07) is 6.92. The molecule has 20 heavy (non-hydrogen) atoms. The number of hydrogen-bond acceptors (Lipinski definition) is 2. The predicted octanol–water partition coefficient (Wildman–Crippen LogP) is 4.41. The number of rotatable bonds is 4. The lowest BCUT2D eigenvalue weighted by atomic mass is 10.2. The van der Waals surface area contributed by atoms with E-state index in [1.54, 1.807) is 35.1 Å². The van der Waals surface area contributed by atoms with Gasteiger partial charge in [-0.1, -0.05) is 36.2 Å². The Labute approximate surface area is 127 Å². The summed E-state index contributed by atoms with van der Waals surface area (Å²) in [7, 11) is 0. The molecule has 1 unspecified atom stereocenters. The van der Waals surface area contributed by atoms with E-state index in [4.69, 9.17) is 23.2 Å². The summed E-state index contributed by atoms with van der Waals surface area (Å²) < 4.78 is 1.77. The summed E-state index contributed by atoms with van der Waals surface area (Å²) in [5.74, 6) is 0.336. The molecular formula is C14H15Cl2N3O. The number of halogens is 2. The van der Waals surface area contributed by atoms with E-state index in [1.807, 2.05) is 6.92 Å². The first kappa shape index (κ1) is 14.9. The van der Waals surface area contributed by atoms with Crippen molar-refractivity contribution >= 4 is 34.9 Å². The van der Waals surface area contributed by atoms with Gasteiger partial charge in [0.1, 0.15) is 5.82 Å². The van der Waals surface area contributed by atoms with Gasteiger partial charge < -0.3 is 5.32 Å². The highest BCUT2D eigenvalue weighted by Crippen LogP contribution is 2.26. The van der Waals surface area contributed by atoms with Crippen molar-refractivity contribution in [1.82, 2.24) is 9.78 Å². The van der Waals surface area contributed by atoms with Crippen LogP contribution in [0.25, 0.3) is 0 Å². The van der Waals surface area contributed by atoms with Crippen LogP contribution in [0, 0.1) is 0 Å². The molecule has 0 bridgehead atoms. The van der Waals surface area contributed by atoms with Crippen molar-refractivity contribution in [2.75, 3.05) is 5.32 Å². The van der Waals surface area contributed by atoms with Gasteiger partial charge in [0.05, 0.1) is 27.8 Å². The highest BCUT2D eigenvalue weighted by molar-refractivity contribution is 6.44. The van der Waals surface area contributed by atoms with Crippen LogP contribution in [-0.4, -0.2) is 15.7 Å². The molecule has 2 aromatic rings. The minimum atomic E-state index is -0.303. The Morgan fingerprint density at radius 2 is 2.15 bits per heavy atom. The van der Waals surface area contributed by atoms with Crippen molar-refractivity contribution in [1.29, 1.82) is 0 Å². The van der Waals surface area contributed by atoms with Gasteiger partial charge in [-0.05, 0) is 25.5 Å². The fraction of sp³-hybridized carbons (Fsp3) is 0.286. The molecule has 1 atom stereocenters. The van der Waals surface area contributed by atoms with Crippen LogP contribution in [0.15, 0.2) is 30.5 Å². The van der Waals surface area contributed by atoms with Gasteiger partial charge in [0.15, 0.2) is 0 Å². The summed E-state index contributed by atoms with van der Waals surface area (Å²) >= 11 is 12.0. The molecule has 106 valence electrons. The maximum absolute atomic E-state index is 12.3. The number of amides is 1. The van der Waals surface area contributed by atoms with Crippen LogP contribution in [0.4, 0.5) is 5.82 Å². The van der Waals surface area contributed by atoms with E-state index in [9.17, 15) is 4.79 Å². The second kappa shape index (κ2) is 6.29. The molecule has 0 aliphatic carbocycles. The van der Waals surface area contributed by atoms with Gasteiger partial charge in [-0.2, -0.15) is 5.10 Å². The number of anilines is 1. The third kappa shape index (κ3) is 2.97. The van der Waals surface area contributed by atoms with Crippen molar-refractivity contribution in [3.63, 3.8) is 0 Å². The fourth-order valence-corrected chi connectivity index (χ4v) is 2.19. The zero-order chi connectivity index (χ0) is 14.7. The molecule has 0 aliphatic heterocycles. The number of benzene rings is 1. The molecule has 0 spiro atoms. The smallest absolute Gasteiger partial charge is 0.258 e. The van der Waals surface area contributed by atoms with Gasteiger partial charge in [0.2, 0.25) is 0 Å².